The van der Waals surface area contributed by atoms with Crippen molar-refractivity contribution >= 4 is 38.5 Å². The third-order valence-electron chi connectivity index (χ3n) is 4.83. The number of anilines is 3. The molecule has 0 spiro atoms. The maximum atomic E-state index is 12.7. The van der Waals surface area contributed by atoms with Crippen LogP contribution in [0.2, 0.25) is 0 Å². The Morgan fingerprint density at radius 3 is 2.43 bits per heavy atom. The average molecular weight is 401 g/mol. The van der Waals surface area contributed by atoms with E-state index in [0.29, 0.717) is 29.8 Å². The molecule has 2 N–H and O–H groups in total. The quantitative estimate of drug-likeness (QED) is 0.684. The van der Waals surface area contributed by atoms with Gasteiger partial charge in [-0.1, -0.05) is 0 Å². The number of aromatic nitrogens is 3. The first kappa shape index (κ1) is 18.7. The Morgan fingerprint density at radius 2 is 1.79 bits per heavy atom. The Labute approximate surface area is 164 Å². The second-order valence-corrected chi connectivity index (χ2v) is 9.18. The van der Waals surface area contributed by atoms with Crippen LogP contribution >= 0.6 is 0 Å². The lowest BCUT2D eigenvalue weighted by Crippen LogP contribution is -2.27. The summed E-state index contributed by atoms with van der Waals surface area (Å²) < 4.78 is 26.9. The van der Waals surface area contributed by atoms with Gasteiger partial charge in [0.15, 0.2) is 0 Å². The van der Waals surface area contributed by atoms with Crippen molar-refractivity contribution in [2.45, 2.75) is 24.7 Å². The minimum Gasteiger partial charge on any atom is -0.347 e. The molecule has 3 aromatic rings. The number of hydrogen-bond acceptors (Lipinski definition) is 6. The van der Waals surface area contributed by atoms with Gasteiger partial charge < -0.3 is 15.2 Å². The van der Waals surface area contributed by atoms with E-state index >= 15 is 0 Å². The van der Waals surface area contributed by atoms with Crippen LogP contribution in [0.3, 0.4) is 0 Å². The molecule has 0 aliphatic carbocycles. The van der Waals surface area contributed by atoms with E-state index in [9.17, 15) is 8.42 Å². The molecule has 1 saturated heterocycles. The van der Waals surface area contributed by atoms with E-state index in [0.717, 1.165) is 35.3 Å². The molecule has 148 valence electrons. The second-order valence-electron chi connectivity index (χ2n) is 7.24. The predicted molar refractivity (Wildman–Crippen MR) is 111 cm³/mol. The highest BCUT2D eigenvalue weighted by atomic mass is 32.2. The summed E-state index contributed by atoms with van der Waals surface area (Å²) in [5.41, 5.74) is 2.52. The average Bonchev–Trinajstić information content (AvgIpc) is 3.31. The number of nitrogens with one attached hydrogen (secondary N) is 2. The molecule has 8 nitrogen and oxygen atoms in total. The van der Waals surface area contributed by atoms with Gasteiger partial charge in [-0.15, -0.1) is 0 Å². The van der Waals surface area contributed by atoms with E-state index < -0.39 is 10.0 Å². The number of fused-ring (bicyclic) bond motifs is 1. The largest absolute Gasteiger partial charge is 0.347 e. The Kier molecular flexibility index (Phi) is 4.72. The zero-order chi connectivity index (χ0) is 19.9. The van der Waals surface area contributed by atoms with Crippen LogP contribution in [0, 0.1) is 6.92 Å². The van der Waals surface area contributed by atoms with Gasteiger partial charge in [0.2, 0.25) is 16.0 Å². The first-order valence-electron chi connectivity index (χ1n) is 9.26. The molecule has 2 aromatic heterocycles. The predicted octanol–water partition coefficient (Wildman–Crippen LogP) is 2.86. The van der Waals surface area contributed by atoms with Crippen molar-refractivity contribution in [3.63, 3.8) is 0 Å². The van der Waals surface area contributed by atoms with Crippen molar-refractivity contribution in [1.29, 1.82) is 0 Å². The monoisotopic (exact) mass is 400 g/mol. The molecule has 1 aromatic carbocycles. The number of benzene rings is 1. The molecule has 0 saturated carbocycles. The SMILES string of the molecule is Cc1cc2c(Nc3ccc(S(=O)(=O)N4CCCC4)cc3)nc(N(C)C)nc2[nH]1. The van der Waals surface area contributed by atoms with Gasteiger partial charge in [0.05, 0.1) is 10.3 Å². The van der Waals surface area contributed by atoms with Crippen LogP contribution in [0.4, 0.5) is 17.5 Å². The maximum Gasteiger partial charge on any atom is 0.243 e. The van der Waals surface area contributed by atoms with Gasteiger partial charge >= 0.3 is 0 Å². The van der Waals surface area contributed by atoms with E-state index in [1.165, 1.54) is 0 Å². The van der Waals surface area contributed by atoms with Crippen LogP contribution in [0.25, 0.3) is 11.0 Å². The highest BCUT2D eigenvalue weighted by molar-refractivity contribution is 7.89. The van der Waals surface area contributed by atoms with E-state index in [1.807, 2.05) is 32.0 Å². The molecule has 28 heavy (non-hydrogen) atoms. The Bertz CT molecular complexity index is 1100. The van der Waals surface area contributed by atoms with Crippen LogP contribution < -0.4 is 10.2 Å². The fourth-order valence-corrected chi connectivity index (χ4v) is 4.87. The van der Waals surface area contributed by atoms with Gasteiger partial charge in [-0.3, -0.25) is 0 Å². The van der Waals surface area contributed by atoms with Gasteiger partial charge in [0.25, 0.3) is 0 Å². The smallest absolute Gasteiger partial charge is 0.243 e. The summed E-state index contributed by atoms with van der Waals surface area (Å²) in [4.78, 5) is 14.5. The van der Waals surface area contributed by atoms with Gasteiger partial charge in [-0.25, -0.2) is 8.42 Å². The van der Waals surface area contributed by atoms with Crippen LogP contribution in [-0.2, 0) is 10.0 Å². The fraction of sp³-hybridized carbons (Fsp3) is 0.368. The number of aryl methyl sites for hydroxylation is 1. The zero-order valence-electron chi connectivity index (χ0n) is 16.2. The first-order chi connectivity index (χ1) is 13.3. The van der Waals surface area contributed by atoms with Gasteiger partial charge in [0.1, 0.15) is 11.5 Å². The molecular weight excluding hydrogens is 376 g/mol. The van der Waals surface area contributed by atoms with Crippen molar-refractivity contribution in [1.82, 2.24) is 19.3 Å². The van der Waals surface area contributed by atoms with E-state index in [1.54, 1.807) is 28.6 Å². The zero-order valence-corrected chi connectivity index (χ0v) is 17.0. The van der Waals surface area contributed by atoms with Crippen molar-refractivity contribution in [3.05, 3.63) is 36.0 Å². The second kappa shape index (κ2) is 7.06. The highest BCUT2D eigenvalue weighted by Crippen LogP contribution is 2.28. The number of H-pyrrole nitrogens is 1. The Hall–Kier alpha value is -2.65. The maximum absolute atomic E-state index is 12.7. The summed E-state index contributed by atoms with van der Waals surface area (Å²) in [6.07, 6.45) is 1.85. The number of nitrogens with zero attached hydrogens (tertiary/aromatic N) is 4. The van der Waals surface area contributed by atoms with E-state index in [-0.39, 0.29) is 0 Å². The van der Waals surface area contributed by atoms with E-state index in [2.05, 4.69) is 20.3 Å². The van der Waals surface area contributed by atoms with Gasteiger partial charge in [0, 0.05) is 38.6 Å². The number of aromatic amines is 1. The normalized spacial score (nSPS) is 15.2. The number of hydrogen-bond donors (Lipinski definition) is 2. The lowest BCUT2D eigenvalue weighted by molar-refractivity contribution is 0.477. The van der Waals surface area contributed by atoms with Crippen LogP contribution in [-0.4, -0.2) is 54.9 Å². The first-order valence-corrected chi connectivity index (χ1v) is 10.7. The Balaban J connectivity index is 1.64. The van der Waals surface area contributed by atoms with Crippen LogP contribution in [0.15, 0.2) is 35.2 Å². The topological polar surface area (TPSA) is 94.2 Å². The molecular formula is C19H24N6O2S. The lowest BCUT2D eigenvalue weighted by Gasteiger charge is -2.16. The third-order valence-corrected chi connectivity index (χ3v) is 6.74. The minimum absolute atomic E-state index is 0.319. The summed E-state index contributed by atoms with van der Waals surface area (Å²) in [7, 11) is 0.366. The Morgan fingerprint density at radius 1 is 1.11 bits per heavy atom. The van der Waals surface area contributed by atoms with Crippen molar-refractivity contribution < 1.29 is 8.42 Å². The summed E-state index contributed by atoms with van der Waals surface area (Å²) >= 11 is 0. The molecule has 1 fully saturated rings. The molecule has 9 heteroatoms. The van der Waals surface area contributed by atoms with E-state index in [4.69, 9.17) is 0 Å². The number of rotatable bonds is 5. The molecule has 4 rings (SSSR count). The molecule has 3 heterocycles. The summed E-state index contributed by atoms with van der Waals surface area (Å²) in [6, 6.07) is 8.81. The molecule has 0 atom stereocenters. The molecule has 0 radical (unpaired) electrons. The molecule has 1 aliphatic heterocycles. The summed E-state index contributed by atoms with van der Waals surface area (Å²) in [5.74, 6) is 1.26. The highest BCUT2D eigenvalue weighted by Gasteiger charge is 2.26. The fourth-order valence-electron chi connectivity index (χ4n) is 3.35. The standard InChI is InChI=1S/C19H24N6O2S/c1-13-12-16-17(20-13)22-19(24(2)3)23-18(16)21-14-6-8-15(9-7-14)28(26,27)25-10-4-5-11-25/h6-9,12H,4-5,10-11H2,1-3H3,(H2,20,21,22,23). The molecule has 0 bridgehead atoms. The molecule has 1 aliphatic rings. The minimum atomic E-state index is -3.41. The van der Waals surface area contributed by atoms with Crippen LogP contribution in [0.1, 0.15) is 18.5 Å². The van der Waals surface area contributed by atoms with Gasteiger partial charge in [-0.2, -0.15) is 14.3 Å². The third kappa shape index (κ3) is 3.43. The lowest BCUT2D eigenvalue weighted by atomic mass is 10.3. The van der Waals surface area contributed by atoms with Gasteiger partial charge in [-0.05, 0) is 50.1 Å². The van der Waals surface area contributed by atoms with Crippen molar-refractivity contribution in [2.24, 2.45) is 0 Å². The summed E-state index contributed by atoms with van der Waals surface area (Å²) in [5, 5.41) is 4.18. The summed E-state index contributed by atoms with van der Waals surface area (Å²) in [6.45, 7) is 3.17. The van der Waals surface area contributed by atoms with Crippen molar-refractivity contribution in [2.75, 3.05) is 37.4 Å². The number of sulfonamides is 1. The molecule has 0 unspecified atom stereocenters. The van der Waals surface area contributed by atoms with Crippen LogP contribution in [0.5, 0.6) is 0 Å². The van der Waals surface area contributed by atoms with Crippen molar-refractivity contribution in [3.8, 4) is 0 Å². The molecule has 0 amide bonds.